The number of anilines is 1. The van der Waals surface area contributed by atoms with Gasteiger partial charge in [-0.2, -0.15) is 13.2 Å². The highest BCUT2D eigenvalue weighted by Gasteiger charge is 2.33. The third-order valence-corrected chi connectivity index (χ3v) is 2.63. The molecule has 1 atom stereocenters. The van der Waals surface area contributed by atoms with E-state index in [4.69, 9.17) is 16.7 Å². The number of benzene rings is 1. The van der Waals surface area contributed by atoms with Gasteiger partial charge >= 0.3 is 12.1 Å². The van der Waals surface area contributed by atoms with E-state index in [1.165, 1.54) is 0 Å². The third kappa shape index (κ3) is 3.85. The van der Waals surface area contributed by atoms with Crippen molar-refractivity contribution in [1.82, 2.24) is 0 Å². The molecule has 0 spiro atoms. The lowest BCUT2D eigenvalue weighted by Gasteiger charge is -2.12. The Bertz CT molecular complexity index is 516. The summed E-state index contributed by atoms with van der Waals surface area (Å²) in [5.74, 6) is -3.66. The van der Waals surface area contributed by atoms with E-state index in [1.54, 1.807) is 0 Å². The number of hydrogen-bond acceptors (Lipinski definition) is 2. The predicted octanol–water partition coefficient (Wildman–Crippen LogP) is 3.02. The zero-order valence-electron chi connectivity index (χ0n) is 9.58. The Morgan fingerprint density at radius 3 is 2.42 bits per heavy atom. The second-order valence-corrected chi connectivity index (χ2v) is 4.15. The summed E-state index contributed by atoms with van der Waals surface area (Å²) in [6.45, 7) is 1.12. The van der Waals surface area contributed by atoms with Gasteiger partial charge in [-0.25, -0.2) is 0 Å². The van der Waals surface area contributed by atoms with Crippen LogP contribution in [0, 0.1) is 5.92 Å². The van der Waals surface area contributed by atoms with Crippen LogP contribution in [0.15, 0.2) is 18.2 Å². The molecule has 4 nitrogen and oxygen atoms in total. The summed E-state index contributed by atoms with van der Waals surface area (Å²) in [5.41, 5.74) is -1.27. The van der Waals surface area contributed by atoms with Crippen molar-refractivity contribution in [2.45, 2.75) is 13.1 Å². The Balaban J connectivity index is 2.98. The largest absolute Gasteiger partial charge is 0.481 e. The minimum atomic E-state index is -4.66. The Labute approximate surface area is 111 Å². The number of carbonyl (C=O) groups excluding carboxylic acids is 1. The van der Waals surface area contributed by atoms with Gasteiger partial charge in [-0.3, -0.25) is 9.59 Å². The van der Waals surface area contributed by atoms with Crippen LogP contribution in [0.5, 0.6) is 0 Å². The number of nitrogens with one attached hydrogen (secondary N) is 1. The number of halogens is 4. The Morgan fingerprint density at radius 2 is 1.95 bits per heavy atom. The fraction of sp³-hybridized carbons (Fsp3) is 0.273. The molecule has 2 N–H and O–H groups in total. The fourth-order valence-corrected chi connectivity index (χ4v) is 1.41. The van der Waals surface area contributed by atoms with Crippen molar-refractivity contribution < 1.29 is 27.9 Å². The van der Waals surface area contributed by atoms with E-state index in [1.807, 2.05) is 0 Å². The number of carboxylic acid groups (broad SMARTS) is 1. The minimum absolute atomic E-state index is 0.171. The molecule has 0 heterocycles. The maximum Gasteiger partial charge on any atom is 0.417 e. The van der Waals surface area contributed by atoms with E-state index < -0.39 is 34.6 Å². The lowest BCUT2D eigenvalue weighted by molar-refractivity contribution is -0.144. The van der Waals surface area contributed by atoms with Gasteiger partial charge in [-0.1, -0.05) is 11.6 Å². The fourth-order valence-electron chi connectivity index (χ4n) is 1.18. The first-order valence-corrected chi connectivity index (χ1v) is 5.41. The average molecular weight is 296 g/mol. The van der Waals surface area contributed by atoms with Crippen molar-refractivity contribution in [3.05, 3.63) is 28.8 Å². The molecule has 0 bridgehead atoms. The lowest BCUT2D eigenvalue weighted by atomic mass is 10.1. The summed E-state index contributed by atoms with van der Waals surface area (Å²) in [6, 6.07) is 2.78. The molecule has 104 valence electrons. The van der Waals surface area contributed by atoms with E-state index >= 15 is 0 Å². The summed E-state index contributed by atoms with van der Waals surface area (Å²) in [4.78, 5) is 21.9. The number of rotatable bonds is 3. The van der Waals surface area contributed by atoms with Crippen LogP contribution >= 0.6 is 11.6 Å². The average Bonchev–Trinajstić information content (AvgIpc) is 2.28. The zero-order chi connectivity index (χ0) is 14.8. The van der Waals surface area contributed by atoms with Crippen LogP contribution in [0.4, 0.5) is 18.9 Å². The quantitative estimate of drug-likeness (QED) is 0.842. The summed E-state index contributed by atoms with van der Waals surface area (Å²) >= 11 is 5.40. The van der Waals surface area contributed by atoms with Crippen LogP contribution in [0.3, 0.4) is 0 Å². The SMILES string of the molecule is CC(C(=O)O)C(=O)Nc1ccc(Cl)c(C(F)(F)F)c1. The van der Waals surface area contributed by atoms with E-state index in [0.29, 0.717) is 6.07 Å². The molecular weight excluding hydrogens is 287 g/mol. The first-order valence-electron chi connectivity index (χ1n) is 5.03. The third-order valence-electron chi connectivity index (χ3n) is 2.30. The van der Waals surface area contributed by atoms with Gasteiger partial charge in [0.05, 0.1) is 10.6 Å². The smallest absolute Gasteiger partial charge is 0.417 e. The second-order valence-electron chi connectivity index (χ2n) is 3.74. The monoisotopic (exact) mass is 295 g/mol. The number of alkyl halides is 3. The second kappa shape index (κ2) is 5.48. The summed E-state index contributed by atoms with van der Waals surface area (Å²) in [6.07, 6.45) is -4.66. The molecule has 0 saturated carbocycles. The van der Waals surface area contributed by atoms with E-state index in [9.17, 15) is 22.8 Å². The van der Waals surface area contributed by atoms with Crippen LogP contribution in [-0.4, -0.2) is 17.0 Å². The number of aliphatic carboxylic acids is 1. The molecule has 1 rings (SSSR count). The number of amides is 1. The molecule has 1 unspecified atom stereocenters. The van der Waals surface area contributed by atoms with Crippen LogP contribution in [0.2, 0.25) is 5.02 Å². The van der Waals surface area contributed by atoms with Crippen LogP contribution < -0.4 is 5.32 Å². The van der Waals surface area contributed by atoms with Crippen molar-refractivity contribution in [2.75, 3.05) is 5.32 Å². The molecule has 0 aliphatic heterocycles. The molecule has 0 aromatic heterocycles. The van der Waals surface area contributed by atoms with E-state index in [2.05, 4.69) is 5.32 Å². The molecular formula is C11H9ClF3NO3. The van der Waals surface area contributed by atoms with Crippen LogP contribution in [-0.2, 0) is 15.8 Å². The predicted molar refractivity (Wildman–Crippen MR) is 61.9 cm³/mol. The van der Waals surface area contributed by atoms with Crippen molar-refractivity contribution in [3.63, 3.8) is 0 Å². The molecule has 0 fully saturated rings. The first kappa shape index (κ1) is 15.3. The van der Waals surface area contributed by atoms with E-state index in [-0.39, 0.29) is 5.69 Å². The van der Waals surface area contributed by atoms with Gasteiger partial charge in [-0.05, 0) is 25.1 Å². The summed E-state index contributed by atoms with van der Waals surface area (Å²) in [7, 11) is 0. The standard InChI is InChI=1S/C11H9ClF3NO3/c1-5(10(18)19)9(17)16-6-2-3-8(12)7(4-6)11(13,14)15/h2-5H,1H3,(H,16,17)(H,18,19). The number of hydrogen-bond donors (Lipinski definition) is 2. The van der Waals surface area contributed by atoms with Crippen LogP contribution in [0.1, 0.15) is 12.5 Å². The van der Waals surface area contributed by atoms with Gasteiger partial charge in [0.2, 0.25) is 5.91 Å². The number of carboxylic acids is 1. The Morgan fingerprint density at radius 1 is 1.37 bits per heavy atom. The topological polar surface area (TPSA) is 66.4 Å². The highest BCUT2D eigenvalue weighted by molar-refractivity contribution is 6.31. The molecule has 0 saturated heterocycles. The molecule has 1 aromatic rings. The first-order chi connectivity index (χ1) is 8.62. The number of carbonyl (C=O) groups is 2. The van der Waals surface area contributed by atoms with E-state index in [0.717, 1.165) is 19.1 Å². The molecule has 0 aliphatic carbocycles. The van der Waals surface area contributed by atoms with Gasteiger partial charge in [0, 0.05) is 5.69 Å². The summed E-state index contributed by atoms with van der Waals surface area (Å²) < 4.78 is 37.7. The van der Waals surface area contributed by atoms with Gasteiger partial charge < -0.3 is 10.4 Å². The highest BCUT2D eigenvalue weighted by atomic mass is 35.5. The Hall–Kier alpha value is -1.76. The van der Waals surface area contributed by atoms with Crippen molar-refractivity contribution >= 4 is 29.2 Å². The molecule has 0 aliphatic rings. The molecule has 19 heavy (non-hydrogen) atoms. The zero-order valence-corrected chi connectivity index (χ0v) is 10.3. The van der Waals surface area contributed by atoms with Crippen molar-refractivity contribution in [3.8, 4) is 0 Å². The maximum atomic E-state index is 12.6. The van der Waals surface area contributed by atoms with Gasteiger partial charge in [0.1, 0.15) is 5.92 Å². The molecule has 0 radical (unpaired) electrons. The molecule has 8 heteroatoms. The van der Waals surface area contributed by atoms with Gasteiger partial charge in [0.25, 0.3) is 0 Å². The minimum Gasteiger partial charge on any atom is -0.481 e. The normalized spacial score (nSPS) is 12.9. The molecule has 1 aromatic carbocycles. The van der Waals surface area contributed by atoms with Gasteiger partial charge in [0.15, 0.2) is 0 Å². The molecule has 1 amide bonds. The van der Waals surface area contributed by atoms with Crippen molar-refractivity contribution in [1.29, 1.82) is 0 Å². The Kier molecular flexibility index (Phi) is 4.41. The maximum absolute atomic E-state index is 12.6. The van der Waals surface area contributed by atoms with Crippen LogP contribution in [0.25, 0.3) is 0 Å². The lowest BCUT2D eigenvalue weighted by Crippen LogP contribution is -2.27. The van der Waals surface area contributed by atoms with Crippen molar-refractivity contribution in [2.24, 2.45) is 5.92 Å². The van der Waals surface area contributed by atoms with Gasteiger partial charge in [-0.15, -0.1) is 0 Å². The highest BCUT2D eigenvalue weighted by Crippen LogP contribution is 2.36. The summed E-state index contributed by atoms with van der Waals surface area (Å²) in [5, 5.41) is 10.2.